The van der Waals surface area contributed by atoms with Gasteiger partial charge in [0.05, 0.1) is 11.9 Å². The van der Waals surface area contributed by atoms with Crippen molar-refractivity contribution in [1.82, 2.24) is 34.5 Å². The van der Waals surface area contributed by atoms with Crippen LogP contribution in [0.4, 0.5) is 0 Å². The third-order valence-electron chi connectivity index (χ3n) is 5.83. The van der Waals surface area contributed by atoms with E-state index in [1.807, 2.05) is 4.52 Å². The summed E-state index contributed by atoms with van der Waals surface area (Å²) in [5, 5.41) is 17.8. The van der Waals surface area contributed by atoms with Gasteiger partial charge in [0.25, 0.3) is 5.56 Å². The van der Waals surface area contributed by atoms with Crippen molar-refractivity contribution in [2.45, 2.75) is 44.6 Å². The van der Waals surface area contributed by atoms with Gasteiger partial charge < -0.3 is 0 Å². The topological polar surface area (TPSA) is 81.2 Å². The van der Waals surface area contributed by atoms with Gasteiger partial charge in [-0.3, -0.25) is 9.69 Å². The fourth-order valence-electron chi connectivity index (χ4n) is 4.25. The highest BCUT2D eigenvalue weighted by atomic mass is 16.1. The monoisotopic (exact) mass is 365 g/mol. The number of piperidine rings is 1. The molecule has 0 spiro atoms. The Morgan fingerprint density at radius 2 is 2.00 bits per heavy atom. The lowest BCUT2D eigenvalue weighted by Gasteiger charge is -2.30. The van der Waals surface area contributed by atoms with Crippen LogP contribution in [-0.2, 0) is 26.4 Å². The van der Waals surface area contributed by atoms with E-state index in [9.17, 15) is 4.79 Å². The summed E-state index contributed by atoms with van der Waals surface area (Å²) in [5.74, 6) is 1.37. The number of hydrogen-bond acceptors (Lipinski definition) is 6. The number of hydrogen-bond donors (Lipinski definition) is 0. The maximum Gasteiger partial charge on any atom is 0.266 e. The molecule has 0 bridgehead atoms. The van der Waals surface area contributed by atoms with Gasteiger partial charge in [0.1, 0.15) is 0 Å². The molecule has 3 aromatic heterocycles. The van der Waals surface area contributed by atoms with E-state index in [4.69, 9.17) is 5.10 Å². The lowest BCUT2D eigenvalue weighted by Crippen LogP contribution is -2.33. The molecule has 1 saturated heterocycles. The van der Waals surface area contributed by atoms with Gasteiger partial charge in [0, 0.05) is 25.6 Å². The van der Waals surface area contributed by atoms with Crippen LogP contribution in [0, 0.1) is 0 Å². The number of likely N-dealkylation sites (tertiary alicyclic amines) is 1. The average molecular weight is 365 g/mol. The summed E-state index contributed by atoms with van der Waals surface area (Å²) in [6.07, 6.45) is 7.19. The summed E-state index contributed by atoms with van der Waals surface area (Å²) in [6.45, 7) is 2.71. The number of aromatic nitrogens is 6. The molecular weight excluding hydrogens is 342 g/mol. The zero-order valence-electron chi connectivity index (χ0n) is 15.5. The van der Waals surface area contributed by atoms with Crippen LogP contribution in [0.1, 0.15) is 47.8 Å². The molecule has 4 heterocycles. The molecule has 140 valence electrons. The molecule has 0 atom stereocenters. The smallest absolute Gasteiger partial charge is 0.266 e. The highest BCUT2D eigenvalue weighted by molar-refractivity contribution is 5.43. The van der Waals surface area contributed by atoms with Gasteiger partial charge in [-0.25, -0.2) is 4.68 Å². The summed E-state index contributed by atoms with van der Waals surface area (Å²) in [5.41, 5.74) is 4.33. The van der Waals surface area contributed by atoms with Crippen LogP contribution in [0.15, 0.2) is 23.1 Å². The Labute approximate surface area is 156 Å². The van der Waals surface area contributed by atoms with Crippen molar-refractivity contribution >= 4 is 5.65 Å². The fourth-order valence-corrected chi connectivity index (χ4v) is 4.25. The van der Waals surface area contributed by atoms with Crippen LogP contribution in [0.2, 0.25) is 0 Å². The van der Waals surface area contributed by atoms with Crippen molar-refractivity contribution in [2.75, 3.05) is 13.1 Å². The summed E-state index contributed by atoms with van der Waals surface area (Å²) in [6, 6.07) is 3.83. The Kier molecular flexibility index (Phi) is 4.00. The van der Waals surface area contributed by atoms with Gasteiger partial charge in [-0.1, -0.05) is 0 Å². The zero-order chi connectivity index (χ0) is 18.4. The quantitative estimate of drug-likeness (QED) is 0.691. The first-order chi connectivity index (χ1) is 13.2. The first kappa shape index (κ1) is 16.6. The zero-order valence-corrected chi connectivity index (χ0v) is 15.5. The van der Waals surface area contributed by atoms with Gasteiger partial charge in [-0.15, -0.1) is 10.2 Å². The highest BCUT2D eigenvalue weighted by Crippen LogP contribution is 2.29. The van der Waals surface area contributed by atoms with Crippen LogP contribution in [0.5, 0.6) is 0 Å². The van der Waals surface area contributed by atoms with Gasteiger partial charge in [-0.05, 0) is 62.4 Å². The highest BCUT2D eigenvalue weighted by Gasteiger charge is 2.26. The second kappa shape index (κ2) is 6.53. The molecule has 1 fully saturated rings. The maximum atomic E-state index is 11.8. The lowest BCUT2D eigenvalue weighted by atomic mass is 9.96. The second-order valence-electron chi connectivity index (χ2n) is 7.67. The summed E-state index contributed by atoms with van der Waals surface area (Å²) in [4.78, 5) is 14.1. The van der Waals surface area contributed by atoms with Crippen molar-refractivity contribution in [2.24, 2.45) is 7.05 Å². The second-order valence-corrected chi connectivity index (χ2v) is 7.67. The molecule has 1 aliphatic carbocycles. The minimum absolute atomic E-state index is 0.0593. The SMILES string of the molecule is Cn1ncc(CN2CCC(c3nnc4cc5c(nn34)CCC5)CC2)cc1=O. The molecule has 1 aliphatic heterocycles. The molecule has 2 aliphatic rings. The Morgan fingerprint density at radius 1 is 1.15 bits per heavy atom. The van der Waals surface area contributed by atoms with E-state index in [0.717, 1.165) is 62.4 Å². The molecule has 3 aromatic rings. The van der Waals surface area contributed by atoms with Crippen molar-refractivity contribution in [3.8, 4) is 0 Å². The van der Waals surface area contributed by atoms with Crippen LogP contribution in [0.3, 0.4) is 0 Å². The predicted octanol–water partition coefficient (Wildman–Crippen LogP) is 1.09. The average Bonchev–Trinajstić information content (AvgIpc) is 3.29. The predicted molar refractivity (Wildman–Crippen MR) is 99.5 cm³/mol. The van der Waals surface area contributed by atoms with E-state index in [2.05, 4.69) is 26.3 Å². The Hall–Kier alpha value is -2.61. The number of aryl methyl sites for hydroxylation is 3. The van der Waals surface area contributed by atoms with Gasteiger partial charge >= 0.3 is 0 Å². The molecule has 8 heteroatoms. The van der Waals surface area contributed by atoms with Crippen LogP contribution < -0.4 is 5.56 Å². The first-order valence-electron chi connectivity index (χ1n) is 9.66. The Bertz CT molecular complexity index is 1050. The molecule has 0 N–H and O–H groups in total. The molecular formula is C19H23N7O. The first-order valence-corrected chi connectivity index (χ1v) is 9.66. The summed E-state index contributed by atoms with van der Waals surface area (Å²) < 4.78 is 3.32. The molecule has 27 heavy (non-hydrogen) atoms. The number of fused-ring (bicyclic) bond motifs is 2. The van der Waals surface area contributed by atoms with E-state index >= 15 is 0 Å². The maximum absolute atomic E-state index is 11.8. The molecule has 0 unspecified atom stereocenters. The third-order valence-corrected chi connectivity index (χ3v) is 5.83. The number of rotatable bonds is 3. The van der Waals surface area contributed by atoms with Gasteiger partial charge in [-0.2, -0.15) is 14.7 Å². The van der Waals surface area contributed by atoms with Crippen molar-refractivity contribution in [1.29, 1.82) is 0 Å². The Morgan fingerprint density at radius 3 is 2.81 bits per heavy atom. The minimum atomic E-state index is -0.0593. The lowest BCUT2D eigenvalue weighted by molar-refractivity contribution is 0.200. The van der Waals surface area contributed by atoms with Gasteiger partial charge in [0.2, 0.25) is 0 Å². The van der Waals surface area contributed by atoms with Crippen LogP contribution >= 0.6 is 0 Å². The van der Waals surface area contributed by atoms with Crippen LogP contribution in [-0.4, -0.2) is 47.6 Å². The van der Waals surface area contributed by atoms with E-state index < -0.39 is 0 Å². The largest absolute Gasteiger partial charge is 0.299 e. The van der Waals surface area contributed by atoms with Gasteiger partial charge in [0.15, 0.2) is 11.5 Å². The fraction of sp³-hybridized carbons (Fsp3) is 0.526. The molecule has 5 rings (SSSR count). The van der Waals surface area contributed by atoms with Crippen LogP contribution in [0.25, 0.3) is 5.65 Å². The van der Waals surface area contributed by atoms with Crippen molar-refractivity contribution in [3.05, 3.63) is 51.3 Å². The molecule has 0 aromatic carbocycles. The van der Waals surface area contributed by atoms with E-state index in [1.165, 1.54) is 22.4 Å². The number of nitrogens with zero attached hydrogens (tertiary/aromatic N) is 7. The molecule has 0 radical (unpaired) electrons. The van der Waals surface area contributed by atoms with E-state index in [1.54, 1.807) is 19.3 Å². The molecule has 8 nitrogen and oxygen atoms in total. The van der Waals surface area contributed by atoms with Crippen molar-refractivity contribution < 1.29 is 0 Å². The van der Waals surface area contributed by atoms with E-state index in [0.29, 0.717) is 5.92 Å². The van der Waals surface area contributed by atoms with Crippen molar-refractivity contribution in [3.63, 3.8) is 0 Å². The normalized spacial score (nSPS) is 18.3. The standard InChI is InChI=1S/C19H23N7O/c1-24-18(27)9-13(11-20-24)12-25-7-5-14(6-8-25)19-22-21-17-10-15-3-2-4-16(15)23-26(17)19/h9-11,14H,2-8,12H2,1H3. The molecule has 0 amide bonds. The molecule has 0 saturated carbocycles. The summed E-state index contributed by atoms with van der Waals surface area (Å²) in [7, 11) is 1.67. The Balaban J connectivity index is 1.30. The summed E-state index contributed by atoms with van der Waals surface area (Å²) >= 11 is 0. The van der Waals surface area contributed by atoms with E-state index in [-0.39, 0.29) is 5.56 Å². The third kappa shape index (κ3) is 3.03. The minimum Gasteiger partial charge on any atom is -0.299 e.